The molecule has 0 aliphatic carbocycles. The molecule has 3 rings (SSSR count). The van der Waals surface area contributed by atoms with Crippen LogP contribution < -0.4 is 4.74 Å². The van der Waals surface area contributed by atoms with Gasteiger partial charge in [-0.15, -0.1) is 0 Å². The number of likely N-dealkylation sites (tertiary alicyclic amines) is 1. The third kappa shape index (κ3) is 3.22. The Morgan fingerprint density at radius 2 is 2.00 bits per heavy atom. The normalized spacial score (nSPS) is 16.9. The Labute approximate surface area is 139 Å². The minimum atomic E-state index is -1.07. The Bertz CT molecular complexity index is 758. The summed E-state index contributed by atoms with van der Waals surface area (Å²) in [6, 6.07) is 10.6. The maximum Gasteiger partial charge on any atom is 0.335 e. The maximum absolute atomic E-state index is 12.5. The number of ether oxygens (including phenoxy) is 1. The van der Waals surface area contributed by atoms with Crippen LogP contribution in [-0.4, -0.2) is 47.1 Å². The molecular formula is C18H18N2O4. The first-order valence-electron chi connectivity index (χ1n) is 7.71. The predicted octanol–water partition coefficient (Wildman–Crippen LogP) is 2.42. The lowest BCUT2D eigenvalue weighted by atomic mass is 9.98. The molecule has 0 radical (unpaired) electrons. The van der Waals surface area contributed by atoms with Crippen molar-refractivity contribution in [2.24, 2.45) is 0 Å². The summed E-state index contributed by atoms with van der Waals surface area (Å²) in [6.45, 7) is 1.23. The summed E-state index contributed by atoms with van der Waals surface area (Å²) in [5, 5.41) is 9.03. The van der Waals surface area contributed by atoms with Crippen LogP contribution >= 0.6 is 0 Å². The van der Waals surface area contributed by atoms with E-state index in [0.29, 0.717) is 13.1 Å². The summed E-state index contributed by atoms with van der Waals surface area (Å²) in [5.74, 6) is -0.222. The van der Waals surface area contributed by atoms with Crippen molar-refractivity contribution in [3.05, 3.63) is 59.4 Å². The number of carbonyl (C=O) groups excluding carboxylic acids is 1. The van der Waals surface area contributed by atoms with Gasteiger partial charge in [0.2, 0.25) is 0 Å². The highest BCUT2D eigenvalue weighted by Crippen LogP contribution is 2.29. The first kappa shape index (κ1) is 16.0. The summed E-state index contributed by atoms with van der Waals surface area (Å²) in [6.07, 6.45) is 2.23. The van der Waals surface area contributed by atoms with Gasteiger partial charge < -0.3 is 14.7 Å². The van der Waals surface area contributed by atoms with Crippen LogP contribution in [0.2, 0.25) is 0 Å². The number of amides is 1. The zero-order valence-electron chi connectivity index (χ0n) is 13.3. The third-order valence-corrected chi connectivity index (χ3v) is 4.29. The van der Waals surface area contributed by atoms with Gasteiger partial charge in [-0.2, -0.15) is 0 Å². The van der Waals surface area contributed by atoms with Crippen LogP contribution in [0.3, 0.4) is 0 Å². The van der Waals surface area contributed by atoms with Gasteiger partial charge in [0.15, 0.2) is 0 Å². The molecule has 1 aromatic carbocycles. The lowest BCUT2D eigenvalue weighted by Gasteiger charge is -2.16. The summed E-state index contributed by atoms with van der Waals surface area (Å²) in [7, 11) is 1.63. The summed E-state index contributed by atoms with van der Waals surface area (Å²) in [4.78, 5) is 29.3. The van der Waals surface area contributed by atoms with Crippen molar-refractivity contribution in [1.82, 2.24) is 9.88 Å². The van der Waals surface area contributed by atoms with Gasteiger partial charge in [0.05, 0.1) is 12.7 Å². The number of rotatable bonds is 4. The molecule has 6 heteroatoms. The van der Waals surface area contributed by atoms with Crippen LogP contribution in [0.4, 0.5) is 0 Å². The van der Waals surface area contributed by atoms with Crippen molar-refractivity contribution >= 4 is 11.9 Å². The number of hydrogen-bond acceptors (Lipinski definition) is 4. The second-order valence-electron chi connectivity index (χ2n) is 5.74. The van der Waals surface area contributed by atoms with Crippen LogP contribution in [0, 0.1) is 0 Å². The number of aromatic nitrogens is 1. The molecule has 1 N–H and O–H groups in total. The highest BCUT2D eigenvalue weighted by molar-refractivity contribution is 5.96. The topological polar surface area (TPSA) is 79.7 Å². The molecule has 0 bridgehead atoms. The van der Waals surface area contributed by atoms with Crippen molar-refractivity contribution < 1.29 is 19.4 Å². The lowest BCUT2D eigenvalue weighted by molar-refractivity contribution is 0.0696. The van der Waals surface area contributed by atoms with E-state index in [1.165, 1.54) is 23.9 Å². The Morgan fingerprint density at radius 1 is 1.25 bits per heavy atom. The van der Waals surface area contributed by atoms with Crippen LogP contribution in [-0.2, 0) is 0 Å². The fourth-order valence-electron chi connectivity index (χ4n) is 2.94. The number of methoxy groups -OCH3 is 1. The quantitative estimate of drug-likeness (QED) is 0.933. The Balaban J connectivity index is 1.71. The number of carboxylic acids is 1. The van der Waals surface area contributed by atoms with E-state index in [2.05, 4.69) is 4.98 Å². The Hall–Kier alpha value is -2.89. The molecular weight excluding hydrogens is 308 g/mol. The zero-order valence-corrected chi connectivity index (χ0v) is 13.3. The van der Waals surface area contributed by atoms with Crippen molar-refractivity contribution in [3.63, 3.8) is 0 Å². The molecule has 24 heavy (non-hydrogen) atoms. The molecule has 1 aliphatic rings. The molecule has 6 nitrogen and oxygen atoms in total. The van der Waals surface area contributed by atoms with E-state index in [1.807, 2.05) is 24.3 Å². The predicted molar refractivity (Wildman–Crippen MR) is 87.5 cm³/mol. The molecule has 1 fully saturated rings. The van der Waals surface area contributed by atoms with Gasteiger partial charge in [-0.05, 0) is 36.2 Å². The highest BCUT2D eigenvalue weighted by Gasteiger charge is 2.28. The first-order valence-corrected chi connectivity index (χ1v) is 7.71. The molecule has 1 atom stereocenters. The van der Waals surface area contributed by atoms with Gasteiger partial charge in [0.25, 0.3) is 5.91 Å². The Morgan fingerprint density at radius 3 is 2.67 bits per heavy atom. The van der Waals surface area contributed by atoms with E-state index in [-0.39, 0.29) is 23.1 Å². The van der Waals surface area contributed by atoms with Crippen molar-refractivity contribution in [1.29, 1.82) is 0 Å². The number of aromatic carboxylic acids is 1. The summed E-state index contributed by atoms with van der Waals surface area (Å²) < 4.78 is 5.16. The first-order chi connectivity index (χ1) is 11.6. The average Bonchev–Trinajstić information content (AvgIpc) is 3.11. The SMILES string of the molecule is COc1ccc(C2CCN(C(=O)c3cc(C(=O)O)ccn3)C2)cc1. The van der Waals surface area contributed by atoms with Gasteiger partial charge in [0.1, 0.15) is 11.4 Å². The largest absolute Gasteiger partial charge is 0.497 e. The standard InChI is InChI=1S/C18H18N2O4/c1-24-15-4-2-12(3-5-15)14-7-9-20(11-14)17(21)16-10-13(18(22)23)6-8-19-16/h2-6,8,10,14H,7,9,11H2,1H3,(H,22,23). The molecule has 2 heterocycles. The van der Waals surface area contributed by atoms with Crippen LogP contribution in [0.15, 0.2) is 42.6 Å². The van der Waals surface area contributed by atoms with Crippen molar-refractivity contribution in [3.8, 4) is 5.75 Å². The second-order valence-corrected chi connectivity index (χ2v) is 5.74. The molecule has 0 saturated carbocycles. The number of hydrogen-bond donors (Lipinski definition) is 1. The number of pyridine rings is 1. The zero-order chi connectivity index (χ0) is 17.1. The van der Waals surface area contributed by atoms with E-state index in [4.69, 9.17) is 9.84 Å². The third-order valence-electron chi connectivity index (χ3n) is 4.29. The molecule has 1 aromatic heterocycles. The van der Waals surface area contributed by atoms with Gasteiger partial charge in [-0.1, -0.05) is 12.1 Å². The molecule has 0 spiro atoms. The van der Waals surface area contributed by atoms with E-state index >= 15 is 0 Å². The Kier molecular flexibility index (Phi) is 4.46. The maximum atomic E-state index is 12.5. The van der Waals surface area contributed by atoms with E-state index in [0.717, 1.165) is 12.2 Å². The van der Waals surface area contributed by atoms with Gasteiger partial charge >= 0.3 is 5.97 Å². The highest BCUT2D eigenvalue weighted by atomic mass is 16.5. The monoisotopic (exact) mass is 326 g/mol. The number of carboxylic acid groups (broad SMARTS) is 1. The van der Waals surface area contributed by atoms with Crippen LogP contribution in [0.1, 0.15) is 38.7 Å². The molecule has 1 aliphatic heterocycles. The second kappa shape index (κ2) is 6.70. The summed E-state index contributed by atoms with van der Waals surface area (Å²) in [5.41, 5.74) is 1.41. The van der Waals surface area contributed by atoms with Gasteiger partial charge in [-0.3, -0.25) is 9.78 Å². The van der Waals surface area contributed by atoms with E-state index in [9.17, 15) is 9.59 Å². The van der Waals surface area contributed by atoms with Gasteiger partial charge in [-0.25, -0.2) is 4.79 Å². The number of benzene rings is 1. The van der Waals surface area contributed by atoms with Gasteiger partial charge in [0, 0.05) is 25.2 Å². The smallest absolute Gasteiger partial charge is 0.335 e. The molecule has 124 valence electrons. The molecule has 1 amide bonds. The molecule has 1 saturated heterocycles. The number of nitrogens with zero attached hydrogens (tertiary/aromatic N) is 2. The average molecular weight is 326 g/mol. The van der Waals surface area contributed by atoms with E-state index in [1.54, 1.807) is 12.0 Å². The van der Waals surface area contributed by atoms with Crippen LogP contribution in [0.5, 0.6) is 5.75 Å². The molecule has 2 aromatic rings. The van der Waals surface area contributed by atoms with E-state index < -0.39 is 5.97 Å². The number of carbonyl (C=O) groups is 2. The minimum absolute atomic E-state index is 0.0688. The molecule has 1 unspecified atom stereocenters. The minimum Gasteiger partial charge on any atom is -0.497 e. The van der Waals surface area contributed by atoms with Crippen LogP contribution in [0.25, 0.3) is 0 Å². The fraction of sp³-hybridized carbons (Fsp3) is 0.278. The fourth-order valence-corrected chi connectivity index (χ4v) is 2.94. The van der Waals surface area contributed by atoms with Crippen molar-refractivity contribution in [2.75, 3.05) is 20.2 Å². The lowest BCUT2D eigenvalue weighted by Crippen LogP contribution is -2.29. The summed E-state index contributed by atoms with van der Waals surface area (Å²) >= 11 is 0. The van der Waals surface area contributed by atoms with Crippen molar-refractivity contribution in [2.45, 2.75) is 12.3 Å².